The van der Waals surface area contributed by atoms with E-state index in [0.717, 1.165) is 5.56 Å². The van der Waals surface area contributed by atoms with Crippen molar-refractivity contribution in [3.05, 3.63) is 35.4 Å². The zero-order valence-electron chi connectivity index (χ0n) is 11.2. The van der Waals surface area contributed by atoms with Gasteiger partial charge >= 0.3 is 0 Å². The molecular formula is C15H20N2O2. The van der Waals surface area contributed by atoms with E-state index in [9.17, 15) is 9.90 Å². The molecule has 0 aromatic heterocycles. The van der Waals surface area contributed by atoms with Crippen LogP contribution in [0, 0.1) is 11.3 Å². The first kappa shape index (κ1) is 15.2. The van der Waals surface area contributed by atoms with E-state index in [4.69, 9.17) is 5.26 Å². The van der Waals surface area contributed by atoms with Gasteiger partial charge in [-0.05, 0) is 37.0 Å². The smallest absolute Gasteiger partial charge is 0.220 e. The van der Waals surface area contributed by atoms with Gasteiger partial charge in [-0.2, -0.15) is 5.26 Å². The molecule has 0 radical (unpaired) electrons. The summed E-state index contributed by atoms with van der Waals surface area (Å²) in [5, 5.41) is 20.8. The normalized spacial score (nSPS) is 11.6. The first-order valence-corrected chi connectivity index (χ1v) is 6.59. The summed E-state index contributed by atoms with van der Waals surface area (Å²) in [4.78, 5) is 11.6. The van der Waals surface area contributed by atoms with Gasteiger partial charge in [-0.25, -0.2) is 0 Å². The van der Waals surface area contributed by atoms with E-state index in [1.807, 2.05) is 19.1 Å². The molecule has 0 bridgehead atoms. The lowest BCUT2D eigenvalue weighted by molar-refractivity contribution is -0.121. The summed E-state index contributed by atoms with van der Waals surface area (Å²) in [6, 6.07) is 9.31. The number of hydrogen-bond donors (Lipinski definition) is 2. The van der Waals surface area contributed by atoms with Crippen molar-refractivity contribution in [1.82, 2.24) is 5.32 Å². The van der Waals surface area contributed by atoms with Crippen molar-refractivity contribution >= 4 is 5.91 Å². The minimum atomic E-state index is -0.334. The fourth-order valence-corrected chi connectivity index (χ4v) is 1.67. The summed E-state index contributed by atoms with van der Waals surface area (Å²) in [5.74, 6) is -0.00679. The maximum absolute atomic E-state index is 11.6. The molecule has 0 fully saturated rings. The molecule has 0 saturated carbocycles. The number of benzene rings is 1. The van der Waals surface area contributed by atoms with E-state index in [1.54, 1.807) is 12.1 Å². The average molecular weight is 260 g/mol. The molecule has 0 aliphatic heterocycles. The largest absolute Gasteiger partial charge is 0.393 e. The number of aryl methyl sites for hydroxylation is 1. The molecule has 1 atom stereocenters. The summed E-state index contributed by atoms with van der Waals surface area (Å²) in [7, 11) is 0. The number of nitrogens with zero attached hydrogens (tertiary/aromatic N) is 1. The zero-order valence-corrected chi connectivity index (χ0v) is 11.2. The lowest BCUT2D eigenvalue weighted by Gasteiger charge is -2.08. The highest BCUT2D eigenvalue weighted by molar-refractivity contribution is 5.76. The van der Waals surface area contributed by atoms with Crippen LogP contribution in [0.1, 0.15) is 37.3 Å². The van der Waals surface area contributed by atoms with Gasteiger partial charge in [0.15, 0.2) is 0 Å². The third kappa shape index (κ3) is 6.03. The second-order valence-electron chi connectivity index (χ2n) is 4.51. The van der Waals surface area contributed by atoms with Gasteiger partial charge in [0.2, 0.25) is 5.91 Å². The van der Waals surface area contributed by atoms with Crippen LogP contribution >= 0.6 is 0 Å². The lowest BCUT2D eigenvalue weighted by atomic mass is 10.1. The van der Waals surface area contributed by atoms with Crippen molar-refractivity contribution in [3.8, 4) is 6.07 Å². The minimum absolute atomic E-state index is 0.00679. The highest BCUT2D eigenvalue weighted by Crippen LogP contribution is 2.06. The van der Waals surface area contributed by atoms with Gasteiger partial charge in [0, 0.05) is 13.0 Å². The van der Waals surface area contributed by atoms with Crippen molar-refractivity contribution in [3.63, 3.8) is 0 Å². The molecule has 0 heterocycles. The Morgan fingerprint density at radius 1 is 1.42 bits per heavy atom. The van der Waals surface area contributed by atoms with Gasteiger partial charge in [-0.1, -0.05) is 19.1 Å². The number of aliphatic hydroxyl groups is 1. The van der Waals surface area contributed by atoms with E-state index in [1.165, 1.54) is 0 Å². The van der Waals surface area contributed by atoms with Crippen LogP contribution in [0.5, 0.6) is 0 Å². The summed E-state index contributed by atoms with van der Waals surface area (Å²) >= 11 is 0. The maximum atomic E-state index is 11.6. The molecule has 4 nitrogen and oxygen atoms in total. The highest BCUT2D eigenvalue weighted by atomic mass is 16.3. The summed E-state index contributed by atoms with van der Waals surface area (Å²) < 4.78 is 0. The molecule has 1 aromatic carbocycles. The van der Waals surface area contributed by atoms with Crippen molar-refractivity contribution in [2.24, 2.45) is 0 Å². The van der Waals surface area contributed by atoms with Crippen LogP contribution < -0.4 is 5.32 Å². The average Bonchev–Trinajstić information content (AvgIpc) is 2.45. The second kappa shape index (κ2) is 8.28. The van der Waals surface area contributed by atoms with Crippen molar-refractivity contribution in [2.75, 3.05) is 6.54 Å². The van der Waals surface area contributed by atoms with Crippen molar-refractivity contribution in [2.45, 2.75) is 38.7 Å². The first-order valence-electron chi connectivity index (χ1n) is 6.59. The van der Waals surface area contributed by atoms with Gasteiger partial charge in [0.05, 0.1) is 17.7 Å². The summed E-state index contributed by atoms with van der Waals surface area (Å²) in [5.41, 5.74) is 1.67. The van der Waals surface area contributed by atoms with Crippen LogP contribution in [0.2, 0.25) is 0 Å². The number of nitrogens with one attached hydrogen (secondary N) is 1. The molecule has 2 N–H and O–H groups in total. The van der Waals surface area contributed by atoms with Crippen LogP contribution in [0.25, 0.3) is 0 Å². The molecule has 0 aliphatic rings. The van der Waals surface area contributed by atoms with E-state index >= 15 is 0 Å². The molecule has 1 unspecified atom stereocenters. The summed E-state index contributed by atoms with van der Waals surface area (Å²) in [6.45, 7) is 2.43. The highest BCUT2D eigenvalue weighted by Gasteiger charge is 2.04. The second-order valence-corrected chi connectivity index (χ2v) is 4.51. The zero-order chi connectivity index (χ0) is 14.1. The maximum Gasteiger partial charge on any atom is 0.220 e. The van der Waals surface area contributed by atoms with Crippen LogP contribution in [-0.4, -0.2) is 23.7 Å². The Labute approximate surface area is 114 Å². The molecule has 4 heteroatoms. The molecule has 1 aromatic rings. The predicted octanol–water partition coefficient (Wildman–Crippen LogP) is 1.77. The van der Waals surface area contributed by atoms with Gasteiger partial charge < -0.3 is 10.4 Å². The molecule has 0 aliphatic carbocycles. The van der Waals surface area contributed by atoms with Crippen LogP contribution in [0.4, 0.5) is 0 Å². The van der Waals surface area contributed by atoms with Gasteiger partial charge in [-0.15, -0.1) is 0 Å². The number of carbonyl (C=O) groups excluding carboxylic acids is 1. The Kier molecular flexibility index (Phi) is 6.62. The third-order valence-electron chi connectivity index (χ3n) is 2.99. The molecule has 1 rings (SSSR count). The van der Waals surface area contributed by atoms with Gasteiger partial charge in [-0.3, -0.25) is 4.79 Å². The fourth-order valence-electron chi connectivity index (χ4n) is 1.67. The Bertz CT molecular complexity index is 434. The fraction of sp³-hybridized carbons (Fsp3) is 0.467. The molecule has 19 heavy (non-hydrogen) atoms. The van der Waals surface area contributed by atoms with E-state index in [2.05, 4.69) is 11.4 Å². The number of rotatable bonds is 7. The molecule has 0 spiro atoms. The number of nitriles is 1. The third-order valence-corrected chi connectivity index (χ3v) is 2.99. The summed E-state index contributed by atoms with van der Waals surface area (Å²) in [6.07, 6.45) is 2.06. The number of hydrogen-bond acceptors (Lipinski definition) is 3. The monoisotopic (exact) mass is 260 g/mol. The quantitative estimate of drug-likeness (QED) is 0.784. The topological polar surface area (TPSA) is 73.1 Å². The van der Waals surface area contributed by atoms with Crippen LogP contribution in [-0.2, 0) is 11.2 Å². The van der Waals surface area contributed by atoms with Gasteiger partial charge in [0.25, 0.3) is 0 Å². The first-order chi connectivity index (χ1) is 9.15. The Morgan fingerprint density at radius 2 is 2.11 bits per heavy atom. The lowest BCUT2D eigenvalue weighted by Crippen LogP contribution is -2.27. The SMILES string of the molecule is CCC(O)CCNC(=O)CCc1ccc(C#N)cc1. The predicted molar refractivity (Wildman–Crippen MR) is 73.4 cm³/mol. The molecular weight excluding hydrogens is 240 g/mol. The Balaban J connectivity index is 2.24. The van der Waals surface area contributed by atoms with Crippen LogP contribution in [0.3, 0.4) is 0 Å². The van der Waals surface area contributed by atoms with E-state index in [0.29, 0.717) is 37.8 Å². The molecule has 0 saturated heterocycles. The van der Waals surface area contributed by atoms with E-state index < -0.39 is 0 Å². The molecule has 1 amide bonds. The van der Waals surface area contributed by atoms with Gasteiger partial charge in [0.1, 0.15) is 0 Å². The van der Waals surface area contributed by atoms with Crippen LogP contribution in [0.15, 0.2) is 24.3 Å². The number of aliphatic hydroxyl groups excluding tert-OH is 1. The van der Waals surface area contributed by atoms with Crippen molar-refractivity contribution < 1.29 is 9.90 Å². The standard InChI is InChI=1S/C15H20N2O2/c1-2-14(18)9-10-17-15(19)8-7-12-3-5-13(11-16)6-4-12/h3-6,14,18H,2,7-10H2,1H3,(H,17,19). The number of amides is 1. The Hall–Kier alpha value is -1.86. The van der Waals surface area contributed by atoms with Crippen molar-refractivity contribution in [1.29, 1.82) is 5.26 Å². The van der Waals surface area contributed by atoms with E-state index in [-0.39, 0.29) is 12.0 Å². The minimum Gasteiger partial charge on any atom is -0.393 e. The number of carbonyl (C=O) groups is 1. The molecule has 102 valence electrons. The Morgan fingerprint density at radius 3 is 2.68 bits per heavy atom.